The highest BCUT2D eigenvalue weighted by Crippen LogP contribution is 2.39. The van der Waals surface area contributed by atoms with E-state index in [1.54, 1.807) is 12.4 Å². The van der Waals surface area contributed by atoms with Crippen molar-refractivity contribution in [1.29, 1.82) is 0 Å². The molecule has 12 heteroatoms. The normalized spacial score (nSPS) is 24.1. The lowest BCUT2D eigenvalue weighted by molar-refractivity contribution is -0.137. The first kappa shape index (κ1) is 27.8. The number of benzene rings is 1. The Hall–Kier alpha value is -3.25. The van der Waals surface area contributed by atoms with Crippen molar-refractivity contribution in [3.8, 4) is 6.01 Å². The molecule has 2 aliphatic rings. The number of halogens is 3. The minimum Gasteiger partial charge on any atom is -0.464 e. The highest BCUT2D eigenvalue weighted by Gasteiger charge is 2.39. The summed E-state index contributed by atoms with van der Waals surface area (Å²) in [5.41, 5.74) is -1.38. The van der Waals surface area contributed by atoms with Gasteiger partial charge >= 0.3 is 12.2 Å². The maximum absolute atomic E-state index is 12.9. The Morgan fingerprint density at radius 2 is 1.89 bits per heavy atom. The van der Waals surface area contributed by atoms with Crippen molar-refractivity contribution < 1.29 is 32.6 Å². The Morgan fingerprint density at radius 3 is 2.55 bits per heavy atom. The van der Waals surface area contributed by atoms with Crippen molar-refractivity contribution in [3.63, 3.8) is 0 Å². The van der Waals surface area contributed by atoms with Crippen molar-refractivity contribution >= 4 is 11.8 Å². The topological polar surface area (TPSA) is 117 Å². The molecule has 38 heavy (non-hydrogen) atoms. The largest absolute Gasteiger partial charge is 0.464 e. The third-order valence-electron chi connectivity index (χ3n) is 7.18. The molecule has 2 heterocycles. The number of aromatic nitrogens is 2. The SMILES string of the molecule is CCOc1ncc(C2(O)CCC(N3CC[C@@H](NC(=O)CNC(=O)c4cccc(C(F)(F)F)c4)C3)CC2)cn1. The van der Waals surface area contributed by atoms with Crippen LogP contribution in [0.5, 0.6) is 6.01 Å². The number of ether oxygens (including phenoxy) is 1. The number of hydrogen-bond acceptors (Lipinski definition) is 7. The van der Waals surface area contributed by atoms with Crippen LogP contribution in [0.2, 0.25) is 0 Å². The van der Waals surface area contributed by atoms with Gasteiger partial charge < -0.3 is 20.5 Å². The molecule has 4 rings (SSSR count). The third-order valence-corrected chi connectivity index (χ3v) is 7.18. The molecule has 1 aromatic carbocycles. The van der Waals surface area contributed by atoms with E-state index in [4.69, 9.17) is 4.74 Å². The van der Waals surface area contributed by atoms with E-state index < -0.39 is 29.2 Å². The van der Waals surface area contributed by atoms with Crippen molar-refractivity contribution in [1.82, 2.24) is 25.5 Å². The Morgan fingerprint density at radius 1 is 1.18 bits per heavy atom. The van der Waals surface area contributed by atoms with Gasteiger partial charge in [-0.2, -0.15) is 13.2 Å². The van der Waals surface area contributed by atoms with Gasteiger partial charge in [-0.3, -0.25) is 14.5 Å². The second-order valence-corrected chi connectivity index (χ2v) is 9.76. The molecule has 0 unspecified atom stereocenters. The van der Waals surface area contributed by atoms with Gasteiger partial charge in [-0.25, -0.2) is 9.97 Å². The van der Waals surface area contributed by atoms with Crippen molar-refractivity contribution in [2.45, 2.75) is 62.9 Å². The van der Waals surface area contributed by atoms with E-state index in [0.717, 1.165) is 44.0 Å². The Balaban J connectivity index is 1.21. The third kappa shape index (κ3) is 6.79. The number of nitrogens with one attached hydrogen (secondary N) is 2. The lowest BCUT2D eigenvalue weighted by Gasteiger charge is -2.39. The summed E-state index contributed by atoms with van der Waals surface area (Å²) in [7, 11) is 0. The zero-order chi connectivity index (χ0) is 27.3. The maximum atomic E-state index is 12.9. The second-order valence-electron chi connectivity index (χ2n) is 9.76. The number of nitrogens with zero attached hydrogens (tertiary/aromatic N) is 3. The summed E-state index contributed by atoms with van der Waals surface area (Å²) in [6.45, 7) is 3.45. The lowest BCUT2D eigenvalue weighted by Crippen LogP contribution is -2.45. The molecule has 206 valence electrons. The van der Waals surface area contributed by atoms with Gasteiger partial charge in [-0.15, -0.1) is 0 Å². The van der Waals surface area contributed by atoms with E-state index in [2.05, 4.69) is 25.5 Å². The minimum absolute atomic E-state index is 0.0896. The summed E-state index contributed by atoms with van der Waals surface area (Å²) >= 11 is 0. The number of aliphatic hydroxyl groups is 1. The fraction of sp³-hybridized carbons (Fsp3) is 0.538. The summed E-state index contributed by atoms with van der Waals surface area (Å²) < 4.78 is 43.9. The quantitative estimate of drug-likeness (QED) is 0.476. The molecule has 2 aromatic rings. The van der Waals surface area contributed by atoms with Crippen LogP contribution in [0, 0.1) is 0 Å². The molecule has 1 aliphatic heterocycles. The van der Waals surface area contributed by atoms with Gasteiger partial charge in [0, 0.05) is 48.7 Å². The van der Waals surface area contributed by atoms with Crippen molar-refractivity contribution in [2.75, 3.05) is 26.2 Å². The van der Waals surface area contributed by atoms with Crippen LogP contribution in [0.4, 0.5) is 13.2 Å². The summed E-state index contributed by atoms with van der Waals surface area (Å²) in [5.74, 6) is -1.14. The molecular formula is C26H32F3N5O4. The van der Waals surface area contributed by atoms with E-state index in [9.17, 15) is 27.9 Å². The fourth-order valence-corrected chi connectivity index (χ4v) is 5.11. The zero-order valence-corrected chi connectivity index (χ0v) is 21.1. The maximum Gasteiger partial charge on any atom is 0.416 e. The van der Waals surface area contributed by atoms with Gasteiger partial charge in [-0.1, -0.05) is 6.07 Å². The highest BCUT2D eigenvalue weighted by molar-refractivity contribution is 5.96. The van der Waals surface area contributed by atoms with E-state index in [1.165, 1.54) is 6.07 Å². The number of amides is 2. The number of alkyl halides is 3. The molecule has 1 aromatic heterocycles. The van der Waals surface area contributed by atoms with Crippen molar-refractivity contribution in [3.05, 3.63) is 53.3 Å². The average molecular weight is 536 g/mol. The monoisotopic (exact) mass is 535 g/mol. The number of likely N-dealkylation sites (tertiary alicyclic amines) is 1. The molecule has 2 fully saturated rings. The molecule has 1 saturated carbocycles. The Bertz CT molecular complexity index is 1120. The smallest absolute Gasteiger partial charge is 0.416 e. The average Bonchev–Trinajstić information content (AvgIpc) is 3.36. The second kappa shape index (κ2) is 11.6. The molecule has 2 amide bonds. The Kier molecular flexibility index (Phi) is 8.51. The molecule has 3 N–H and O–H groups in total. The Labute approximate surface area is 218 Å². The molecule has 0 bridgehead atoms. The van der Waals surface area contributed by atoms with Crippen LogP contribution in [-0.4, -0.2) is 70.1 Å². The van der Waals surface area contributed by atoms with Gasteiger partial charge in [-0.05, 0) is 57.2 Å². The first-order valence-corrected chi connectivity index (χ1v) is 12.7. The lowest BCUT2D eigenvalue weighted by atomic mass is 9.78. The van der Waals surface area contributed by atoms with Gasteiger partial charge in [0.2, 0.25) is 5.91 Å². The van der Waals surface area contributed by atoms with Crippen LogP contribution in [0.15, 0.2) is 36.7 Å². The summed E-state index contributed by atoms with van der Waals surface area (Å²) in [6, 6.07) is 4.55. The molecule has 0 spiro atoms. The van der Waals surface area contributed by atoms with Crippen LogP contribution < -0.4 is 15.4 Å². The van der Waals surface area contributed by atoms with E-state index in [1.807, 2.05) is 6.92 Å². The number of hydrogen-bond donors (Lipinski definition) is 3. The van der Waals surface area contributed by atoms with E-state index in [0.29, 0.717) is 31.6 Å². The standard InChI is InChI=1S/C26H32F3N5O4/c1-2-38-24-31-13-19(14-32-24)25(37)9-6-21(7-10-25)34-11-8-20(16-34)33-22(35)15-30-23(36)17-4-3-5-18(12-17)26(27,28)29/h3-5,12-14,20-21,37H,2,6-11,15-16H2,1H3,(H,30,36)(H,33,35)/t20-,21?,25?/m1/s1. The van der Waals surface area contributed by atoms with Crippen LogP contribution in [0.1, 0.15) is 60.5 Å². The van der Waals surface area contributed by atoms with Gasteiger partial charge in [0.15, 0.2) is 0 Å². The molecular weight excluding hydrogens is 503 g/mol. The van der Waals surface area contributed by atoms with Gasteiger partial charge in [0.25, 0.3) is 5.91 Å². The van der Waals surface area contributed by atoms with Gasteiger partial charge in [0.05, 0.1) is 24.3 Å². The molecule has 0 radical (unpaired) electrons. The predicted octanol–water partition coefficient (Wildman–Crippen LogP) is 2.64. The number of rotatable bonds is 8. The van der Waals surface area contributed by atoms with Crippen LogP contribution in [0.25, 0.3) is 0 Å². The molecule has 1 aliphatic carbocycles. The zero-order valence-electron chi connectivity index (χ0n) is 21.1. The van der Waals surface area contributed by atoms with Crippen LogP contribution >= 0.6 is 0 Å². The van der Waals surface area contributed by atoms with Crippen LogP contribution in [-0.2, 0) is 16.6 Å². The fourth-order valence-electron chi connectivity index (χ4n) is 5.11. The molecule has 9 nitrogen and oxygen atoms in total. The van der Waals surface area contributed by atoms with E-state index in [-0.39, 0.29) is 30.2 Å². The number of carbonyl (C=O) groups is 2. The number of carbonyl (C=O) groups excluding carboxylic acids is 2. The van der Waals surface area contributed by atoms with Crippen molar-refractivity contribution in [2.24, 2.45) is 0 Å². The molecule has 1 saturated heterocycles. The first-order valence-electron chi connectivity index (χ1n) is 12.7. The summed E-state index contributed by atoms with van der Waals surface area (Å²) in [6.07, 6.45) is 2.16. The predicted molar refractivity (Wildman–Crippen MR) is 131 cm³/mol. The van der Waals surface area contributed by atoms with Gasteiger partial charge in [0.1, 0.15) is 0 Å². The summed E-state index contributed by atoms with van der Waals surface area (Å²) in [5, 5.41) is 16.4. The highest BCUT2D eigenvalue weighted by atomic mass is 19.4. The van der Waals surface area contributed by atoms with Crippen LogP contribution in [0.3, 0.4) is 0 Å². The van der Waals surface area contributed by atoms with E-state index >= 15 is 0 Å². The molecule has 1 atom stereocenters. The summed E-state index contributed by atoms with van der Waals surface area (Å²) in [4.78, 5) is 35.2. The first-order chi connectivity index (χ1) is 18.1. The minimum atomic E-state index is -4.55.